The molecule has 0 fully saturated rings. The van der Waals surface area contributed by atoms with Crippen molar-refractivity contribution in [3.05, 3.63) is 328 Å². The summed E-state index contributed by atoms with van der Waals surface area (Å²) in [6.07, 6.45) is 14.9. The lowest BCUT2D eigenvalue weighted by Crippen LogP contribution is -2.31. The van der Waals surface area contributed by atoms with Gasteiger partial charge in [0.15, 0.2) is 0 Å². The molecule has 0 heterocycles. The molecule has 0 heteroatoms. The molecule has 11 rings (SSSR count). The Morgan fingerprint density at radius 3 is 1.58 bits per heavy atom. The predicted molar refractivity (Wildman–Crippen MR) is 387 cm³/mol. The number of hydrogen-bond donors (Lipinski definition) is 0. The highest BCUT2D eigenvalue weighted by molar-refractivity contribution is 5.96. The normalized spacial score (nSPS) is 13.5. The molecule has 0 aromatic heterocycles. The molecule has 0 saturated heterocycles. The summed E-state index contributed by atoms with van der Waals surface area (Å²) in [5.41, 5.74) is 30.4. The molecule has 10 aromatic rings. The molecule has 0 amide bonds. The third-order valence-corrected chi connectivity index (χ3v) is 17.5. The van der Waals surface area contributed by atoms with E-state index in [4.69, 9.17) is 0 Å². The third kappa shape index (κ3) is 15.2. The zero-order valence-corrected chi connectivity index (χ0v) is 54.9. The van der Waals surface area contributed by atoms with Gasteiger partial charge >= 0.3 is 0 Å². The first-order valence-electron chi connectivity index (χ1n) is 32.9. The van der Waals surface area contributed by atoms with Crippen molar-refractivity contribution in [2.75, 3.05) is 0 Å². The van der Waals surface area contributed by atoms with E-state index in [1.54, 1.807) is 0 Å². The van der Waals surface area contributed by atoms with Crippen molar-refractivity contribution < 1.29 is 0 Å². The van der Waals surface area contributed by atoms with E-state index in [9.17, 15) is 0 Å². The largest absolute Gasteiger partial charge is 0.0955 e. The fourth-order valence-corrected chi connectivity index (χ4v) is 13.1. The Morgan fingerprint density at radius 1 is 0.420 bits per heavy atom. The van der Waals surface area contributed by atoms with Crippen molar-refractivity contribution >= 4 is 16.7 Å². The van der Waals surface area contributed by atoms with Gasteiger partial charge in [-0.25, -0.2) is 0 Å². The summed E-state index contributed by atoms with van der Waals surface area (Å²) in [4.78, 5) is 0. The van der Waals surface area contributed by atoms with E-state index in [2.05, 4.69) is 299 Å². The lowest BCUT2D eigenvalue weighted by atomic mass is 9.65. The van der Waals surface area contributed by atoms with Gasteiger partial charge in [-0.2, -0.15) is 0 Å². The van der Waals surface area contributed by atoms with Crippen molar-refractivity contribution in [1.82, 2.24) is 0 Å². The minimum atomic E-state index is -0.398. The Balaban J connectivity index is 0.000000208. The molecular weight excluding hydrogens is 1060 g/mol. The molecule has 2 atom stereocenters. The highest BCUT2D eigenvalue weighted by Gasteiger charge is 2.48. The average molecular weight is 1150 g/mol. The number of allylic oxidation sites excluding steroid dienone is 5. The molecule has 2 unspecified atom stereocenters. The van der Waals surface area contributed by atoms with E-state index in [1.807, 2.05) is 39.0 Å². The van der Waals surface area contributed by atoms with Gasteiger partial charge in [0.1, 0.15) is 0 Å². The summed E-state index contributed by atoms with van der Waals surface area (Å²) < 4.78 is 0. The summed E-state index contributed by atoms with van der Waals surface area (Å²) in [5, 5.41) is 0. The van der Waals surface area contributed by atoms with Crippen LogP contribution in [-0.2, 0) is 24.7 Å². The van der Waals surface area contributed by atoms with Crippen LogP contribution >= 0.6 is 0 Å². The lowest BCUT2D eigenvalue weighted by molar-refractivity contribution is 0.648. The van der Waals surface area contributed by atoms with Crippen molar-refractivity contribution in [3.63, 3.8) is 0 Å². The number of benzene rings is 10. The van der Waals surface area contributed by atoms with Gasteiger partial charge in [0.25, 0.3) is 0 Å². The maximum absolute atomic E-state index is 3.83. The van der Waals surface area contributed by atoms with Crippen LogP contribution in [0.4, 0.5) is 0 Å². The molecule has 88 heavy (non-hydrogen) atoms. The van der Waals surface area contributed by atoms with Crippen LogP contribution in [0.2, 0.25) is 0 Å². The van der Waals surface area contributed by atoms with Gasteiger partial charge in [0.05, 0.1) is 5.41 Å². The van der Waals surface area contributed by atoms with Gasteiger partial charge in [0, 0.05) is 0 Å². The topological polar surface area (TPSA) is 0 Å². The van der Waals surface area contributed by atoms with Crippen LogP contribution in [0.3, 0.4) is 0 Å². The number of fused-ring (bicyclic) bond motifs is 3. The first-order chi connectivity index (χ1) is 43.0. The Bertz CT molecular complexity index is 3900. The SMILES string of the molecule is C=C(C)c1ccccc1.CC.CC/C=C(\c1cccc(CCc2ccccc2-c2ccccc2C)c1)C(C)CCC.CCC/C=C(\C)c1ccc(-c2ccc(-c3cccc4c3-c3ccccc3C4(c3ccccc3C)c3ccccc3CCC)cc2)cc1. The van der Waals surface area contributed by atoms with Gasteiger partial charge in [0.2, 0.25) is 0 Å². The Labute approximate surface area is 531 Å². The highest BCUT2D eigenvalue weighted by Crippen LogP contribution is 2.59. The van der Waals surface area contributed by atoms with E-state index >= 15 is 0 Å². The molecule has 448 valence electrons. The summed E-state index contributed by atoms with van der Waals surface area (Å²) in [6, 6.07) is 89.5. The maximum Gasteiger partial charge on any atom is 0.0718 e. The Morgan fingerprint density at radius 2 is 0.955 bits per heavy atom. The van der Waals surface area contributed by atoms with Crippen LogP contribution in [0.5, 0.6) is 0 Å². The number of hydrogen-bond acceptors (Lipinski definition) is 0. The molecule has 0 spiro atoms. The molecule has 0 nitrogen and oxygen atoms in total. The van der Waals surface area contributed by atoms with Crippen molar-refractivity contribution in [1.29, 1.82) is 0 Å². The first-order valence-corrected chi connectivity index (χ1v) is 32.9. The molecular formula is C88H96. The smallest absolute Gasteiger partial charge is 0.0718 e. The second-order valence-corrected chi connectivity index (χ2v) is 23.7. The van der Waals surface area contributed by atoms with Crippen LogP contribution in [0.15, 0.2) is 261 Å². The maximum atomic E-state index is 3.83. The fourth-order valence-electron chi connectivity index (χ4n) is 13.1. The summed E-state index contributed by atoms with van der Waals surface area (Å²) in [6.45, 7) is 27.9. The standard InChI is InChI=1S/C47H44.C30H36.C9H10.C2H6/c1-5-7-16-33(3)35-25-27-36(28-26-35)37-29-31-38(32-30-37)40-20-14-24-45-46(40)41-19-10-13-23-44(41)47(45,42-21-11-8-17-34(42)4)43-22-12-9-18-39(43)15-6-2;1-5-12-23(3)28(13-6-2)27-17-11-15-25(22-27)20-21-26-16-8-10-19-30(26)29-18-9-7-14-24(29)4;1-8(2)9-6-4-3-5-7-9;1-2/h8-14,16-32H,5-7,15H2,1-4H3;7-11,13-19,22-23H,5-6,12,20-21H2,1-4H3;3-7H,1H2,2H3;1-2H3/b33-16+;28-13-;;. The Kier molecular flexibility index (Phi) is 24.1. The van der Waals surface area contributed by atoms with Gasteiger partial charge in [-0.05, 0) is 195 Å². The van der Waals surface area contributed by atoms with E-state index in [1.165, 1.54) is 142 Å². The summed E-state index contributed by atoms with van der Waals surface area (Å²) in [7, 11) is 0. The number of unbranched alkanes of at least 4 members (excludes halogenated alkanes) is 1. The third-order valence-electron chi connectivity index (χ3n) is 17.5. The second kappa shape index (κ2) is 32.4. The molecule has 0 radical (unpaired) electrons. The predicted octanol–water partition coefficient (Wildman–Crippen LogP) is 25.3. The quantitative estimate of drug-likeness (QED) is 0.0757. The molecule has 0 bridgehead atoms. The van der Waals surface area contributed by atoms with Crippen LogP contribution in [-0.4, -0.2) is 0 Å². The van der Waals surface area contributed by atoms with Crippen LogP contribution < -0.4 is 0 Å². The van der Waals surface area contributed by atoms with Crippen molar-refractivity contribution in [2.24, 2.45) is 5.92 Å². The molecule has 10 aromatic carbocycles. The lowest BCUT2D eigenvalue weighted by Gasteiger charge is -2.36. The first kappa shape index (κ1) is 65.4. The Hall–Kier alpha value is -8.58. The van der Waals surface area contributed by atoms with Gasteiger partial charge in [-0.3, -0.25) is 0 Å². The number of aryl methyl sites for hydroxylation is 5. The summed E-state index contributed by atoms with van der Waals surface area (Å²) >= 11 is 0. The molecule has 1 aliphatic rings. The van der Waals surface area contributed by atoms with E-state index in [-0.39, 0.29) is 0 Å². The molecule has 1 aliphatic carbocycles. The minimum absolute atomic E-state index is 0.398. The monoisotopic (exact) mass is 1150 g/mol. The molecule has 0 aliphatic heterocycles. The van der Waals surface area contributed by atoms with Crippen molar-refractivity contribution in [3.8, 4) is 44.5 Å². The zero-order chi connectivity index (χ0) is 62.4. The van der Waals surface area contributed by atoms with E-state index in [0.717, 1.165) is 44.1 Å². The zero-order valence-electron chi connectivity index (χ0n) is 54.9. The highest BCUT2D eigenvalue weighted by atomic mass is 14.5. The van der Waals surface area contributed by atoms with Gasteiger partial charge in [-0.1, -0.05) is 335 Å². The van der Waals surface area contributed by atoms with Crippen LogP contribution in [0.1, 0.15) is 168 Å². The van der Waals surface area contributed by atoms with E-state index < -0.39 is 5.41 Å². The summed E-state index contributed by atoms with van der Waals surface area (Å²) in [5.74, 6) is 0.618. The van der Waals surface area contributed by atoms with E-state index in [0.29, 0.717) is 5.92 Å². The molecule has 0 saturated carbocycles. The van der Waals surface area contributed by atoms with Gasteiger partial charge in [-0.15, -0.1) is 0 Å². The van der Waals surface area contributed by atoms with Crippen LogP contribution in [0, 0.1) is 19.8 Å². The minimum Gasteiger partial charge on any atom is -0.0955 e. The molecule has 0 N–H and O–H groups in total. The van der Waals surface area contributed by atoms with Gasteiger partial charge < -0.3 is 0 Å². The number of rotatable bonds is 19. The fraction of sp³-hybridized carbons (Fsp3) is 0.250. The average Bonchev–Trinajstić information content (AvgIpc) is 1.53. The van der Waals surface area contributed by atoms with Crippen LogP contribution in [0.25, 0.3) is 61.2 Å². The second-order valence-electron chi connectivity index (χ2n) is 23.7. The van der Waals surface area contributed by atoms with Crippen molar-refractivity contribution in [2.45, 2.75) is 139 Å².